The van der Waals surface area contributed by atoms with Crippen LogP contribution in [0.2, 0.25) is 0 Å². The van der Waals surface area contributed by atoms with Gasteiger partial charge >= 0.3 is 0 Å². The fourth-order valence-corrected chi connectivity index (χ4v) is 2.66. The molecule has 1 aromatic rings. The summed E-state index contributed by atoms with van der Waals surface area (Å²) in [6.07, 6.45) is 1.37. The lowest BCUT2D eigenvalue weighted by molar-refractivity contribution is 0.194. The van der Waals surface area contributed by atoms with Gasteiger partial charge in [-0.15, -0.1) is 0 Å². The molecule has 2 unspecified atom stereocenters. The van der Waals surface area contributed by atoms with E-state index >= 15 is 0 Å². The number of aliphatic hydroxyl groups excluding tert-OH is 1. The molecule has 4 heteroatoms. The third kappa shape index (κ3) is 2.65. The van der Waals surface area contributed by atoms with E-state index in [2.05, 4.69) is 41.9 Å². The molecule has 0 radical (unpaired) electrons. The molecule has 0 aromatic carbocycles. The van der Waals surface area contributed by atoms with Crippen molar-refractivity contribution in [1.82, 2.24) is 9.88 Å². The number of anilines is 1. The number of pyridine rings is 1. The van der Waals surface area contributed by atoms with Gasteiger partial charge in [0.1, 0.15) is 0 Å². The van der Waals surface area contributed by atoms with Gasteiger partial charge in [0.05, 0.1) is 23.7 Å². The minimum absolute atomic E-state index is 0.494. The van der Waals surface area contributed by atoms with Crippen molar-refractivity contribution in [2.75, 3.05) is 32.1 Å². The maximum Gasteiger partial charge on any atom is 0.0931 e. The van der Waals surface area contributed by atoms with E-state index < -0.39 is 6.10 Å². The number of hydrogen-bond acceptors (Lipinski definition) is 4. The largest absolute Gasteiger partial charge is 0.387 e. The van der Waals surface area contributed by atoms with E-state index in [-0.39, 0.29) is 0 Å². The minimum atomic E-state index is -0.494. The van der Waals surface area contributed by atoms with Gasteiger partial charge in [-0.1, -0.05) is 6.92 Å². The van der Waals surface area contributed by atoms with E-state index in [9.17, 15) is 5.11 Å². The molecule has 1 aliphatic rings. The van der Waals surface area contributed by atoms with Gasteiger partial charge in [0.15, 0.2) is 0 Å². The van der Waals surface area contributed by atoms with Crippen molar-refractivity contribution in [3.05, 3.63) is 24.0 Å². The van der Waals surface area contributed by atoms with E-state index in [0.717, 1.165) is 24.5 Å². The molecule has 0 spiro atoms. The van der Waals surface area contributed by atoms with Crippen LogP contribution in [0.3, 0.4) is 0 Å². The predicted molar refractivity (Wildman–Crippen MR) is 73.7 cm³/mol. The molecule has 18 heavy (non-hydrogen) atoms. The zero-order chi connectivity index (χ0) is 13.3. The van der Waals surface area contributed by atoms with Crippen molar-refractivity contribution in [1.29, 1.82) is 0 Å². The Morgan fingerprint density at radius 2 is 2.11 bits per heavy atom. The summed E-state index contributed by atoms with van der Waals surface area (Å²) in [5, 5.41) is 9.45. The van der Waals surface area contributed by atoms with Crippen LogP contribution in [0, 0.1) is 5.92 Å². The van der Waals surface area contributed by atoms with Gasteiger partial charge in [-0.25, -0.2) is 0 Å². The van der Waals surface area contributed by atoms with Crippen molar-refractivity contribution < 1.29 is 5.11 Å². The van der Waals surface area contributed by atoms with E-state index in [1.165, 1.54) is 0 Å². The summed E-state index contributed by atoms with van der Waals surface area (Å²) in [4.78, 5) is 8.98. The normalized spacial score (nSPS) is 25.8. The van der Waals surface area contributed by atoms with E-state index in [0.29, 0.717) is 12.0 Å². The Balaban J connectivity index is 2.09. The lowest BCUT2D eigenvalue weighted by atomic mass is 10.1. The average Bonchev–Trinajstić information content (AvgIpc) is 2.71. The van der Waals surface area contributed by atoms with Gasteiger partial charge in [0.2, 0.25) is 0 Å². The molecule has 0 saturated carbocycles. The summed E-state index contributed by atoms with van der Waals surface area (Å²) in [7, 11) is 4.28. The molecule has 3 atom stereocenters. The highest BCUT2D eigenvalue weighted by molar-refractivity contribution is 5.46. The van der Waals surface area contributed by atoms with Gasteiger partial charge in [-0.05, 0) is 39.1 Å². The summed E-state index contributed by atoms with van der Waals surface area (Å²) in [6.45, 7) is 6.15. The van der Waals surface area contributed by atoms with Crippen molar-refractivity contribution in [3.63, 3.8) is 0 Å². The summed E-state index contributed by atoms with van der Waals surface area (Å²) in [6, 6.07) is 4.56. The first kappa shape index (κ1) is 13.3. The molecule has 4 nitrogen and oxygen atoms in total. The van der Waals surface area contributed by atoms with Crippen LogP contribution in [0.25, 0.3) is 0 Å². The number of likely N-dealkylation sites (N-methyl/N-ethyl adjacent to an activating group) is 1. The minimum Gasteiger partial charge on any atom is -0.387 e. The topological polar surface area (TPSA) is 39.6 Å². The first-order valence-electron chi connectivity index (χ1n) is 6.54. The average molecular weight is 249 g/mol. The molecule has 0 bridgehead atoms. The fourth-order valence-electron chi connectivity index (χ4n) is 2.66. The number of rotatable bonds is 3. The zero-order valence-corrected chi connectivity index (χ0v) is 11.7. The lowest BCUT2D eigenvalue weighted by Crippen LogP contribution is -2.34. The second-order valence-corrected chi connectivity index (χ2v) is 5.53. The standard InChI is InChI=1S/C14H23N3O/c1-10-8-17(9-14(10)16(3)4)12-5-6-13(11(2)18)15-7-12/h5-7,10-11,14,18H,8-9H2,1-4H3/t10?,11-,14?/m0/s1. The summed E-state index contributed by atoms with van der Waals surface area (Å²) >= 11 is 0. The van der Waals surface area contributed by atoms with E-state index in [1.807, 2.05) is 12.3 Å². The number of aromatic nitrogens is 1. The molecule has 2 rings (SSSR count). The van der Waals surface area contributed by atoms with Gasteiger partial charge in [0, 0.05) is 19.1 Å². The van der Waals surface area contributed by atoms with Crippen LogP contribution in [0.15, 0.2) is 18.3 Å². The van der Waals surface area contributed by atoms with Crippen LogP contribution in [0.1, 0.15) is 25.6 Å². The van der Waals surface area contributed by atoms with Crippen LogP contribution >= 0.6 is 0 Å². The van der Waals surface area contributed by atoms with Crippen LogP contribution in [0.5, 0.6) is 0 Å². The Morgan fingerprint density at radius 3 is 2.56 bits per heavy atom. The van der Waals surface area contributed by atoms with Crippen molar-refractivity contribution in [3.8, 4) is 0 Å². The van der Waals surface area contributed by atoms with Crippen molar-refractivity contribution >= 4 is 5.69 Å². The summed E-state index contributed by atoms with van der Waals surface area (Å²) in [5.41, 5.74) is 1.88. The summed E-state index contributed by atoms with van der Waals surface area (Å²) < 4.78 is 0. The summed E-state index contributed by atoms with van der Waals surface area (Å²) in [5.74, 6) is 0.663. The Bertz CT molecular complexity index is 389. The van der Waals surface area contributed by atoms with Crippen LogP contribution in [0.4, 0.5) is 5.69 Å². The smallest absolute Gasteiger partial charge is 0.0931 e. The third-order valence-electron chi connectivity index (χ3n) is 3.80. The molecule has 0 aliphatic carbocycles. The maximum absolute atomic E-state index is 9.45. The van der Waals surface area contributed by atoms with Gasteiger partial charge in [-0.2, -0.15) is 0 Å². The van der Waals surface area contributed by atoms with E-state index in [4.69, 9.17) is 0 Å². The Kier molecular flexibility index (Phi) is 3.88. The molecule has 1 aliphatic heterocycles. The fraction of sp³-hybridized carbons (Fsp3) is 0.643. The second-order valence-electron chi connectivity index (χ2n) is 5.53. The third-order valence-corrected chi connectivity index (χ3v) is 3.80. The maximum atomic E-state index is 9.45. The van der Waals surface area contributed by atoms with Crippen molar-refractivity contribution in [2.45, 2.75) is 26.0 Å². The predicted octanol–water partition coefficient (Wildman–Crippen LogP) is 1.52. The van der Waals surface area contributed by atoms with E-state index in [1.54, 1.807) is 6.92 Å². The molecule has 1 N–H and O–H groups in total. The highest BCUT2D eigenvalue weighted by Crippen LogP contribution is 2.26. The molecule has 1 fully saturated rings. The first-order chi connectivity index (χ1) is 8.49. The molecule has 1 aromatic heterocycles. The molecule has 2 heterocycles. The van der Waals surface area contributed by atoms with Crippen molar-refractivity contribution in [2.24, 2.45) is 5.92 Å². The molecule has 100 valence electrons. The second kappa shape index (κ2) is 5.24. The molecule has 1 saturated heterocycles. The molecular weight excluding hydrogens is 226 g/mol. The molecular formula is C14H23N3O. The number of nitrogens with zero attached hydrogens (tertiary/aromatic N) is 3. The molecule has 0 amide bonds. The Labute approximate surface area is 109 Å². The quantitative estimate of drug-likeness (QED) is 0.881. The highest BCUT2D eigenvalue weighted by Gasteiger charge is 2.31. The number of aliphatic hydroxyl groups is 1. The monoisotopic (exact) mass is 249 g/mol. The van der Waals surface area contributed by atoms with Gasteiger partial charge in [0.25, 0.3) is 0 Å². The van der Waals surface area contributed by atoms with Crippen LogP contribution < -0.4 is 4.90 Å². The van der Waals surface area contributed by atoms with Crippen LogP contribution in [-0.4, -0.2) is 48.2 Å². The van der Waals surface area contributed by atoms with Gasteiger partial charge < -0.3 is 14.9 Å². The highest BCUT2D eigenvalue weighted by atomic mass is 16.3. The first-order valence-corrected chi connectivity index (χ1v) is 6.54. The van der Waals surface area contributed by atoms with Crippen LogP contribution in [-0.2, 0) is 0 Å². The Hall–Kier alpha value is -1.13. The zero-order valence-electron chi connectivity index (χ0n) is 11.7. The SMILES string of the molecule is CC1CN(c2ccc([C@H](C)O)nc2)CC1N(C)C. The number of hydrogen-bond donors (Lipinski definition) is 1. The lowest BCUT2D eigenvalue weighted by Gasteiger charge is -2.23. The van der Waals surface area contributed by atoms with Gasteiger partial charge in [-0.3, -0.25) is 4.98 Å². The Morgan fingerprint density at radius 1 is 1.39 bits per heavy atom.